The molecular weight excluding hydrogens is 328 g/mol. The van der Waals surface area contributed by atoms with Crippen LogP contribution in [-0.4, -0.2) is 42.5 Å². The standard InChI is InChI=1S/C17H23F2N5O/c1-17(2)13-9(4-3-5-12(13)23-15(17)25)7-21-14-10(11(19)6-18)8-22-16(20)24-14/h3-5,10-11,15,23,25H,6-8H2,1-2H3,(H3,20,21,22,24). The fourth-order valence-corrected chi connectivity index (χ4v) is 3.34. The number of guanidine groups is 1. The second-order valence-electron chi connectivity index (χ2n) is 6.94. The van der Waals surface area contributed by atoms with Crippen molar-refractivity contribution >= 4 is 17.5 Å². The normalized spacial score (nSPS) is 27.2. The molecule has 25 heavy (non-hydrogen) atoms. The number of hydrogen-bond donors (Lipinski definition) is 4. The lowest BCUT2D eigenvalue weighted by Gasteiger charge is -2.26. The predicted molar refractivity (Wildman–Crippen MR) is 94.2 cm³/mol. The van der Waals surface area contributed by atoms with E-state index < -0.39 is 30.4 Å². The van der Waals surface area contributed by atoms with E-state index >= 15 is 0 Å². The first kappa shape index (κ1) is 17.6. The molecule has 3 atom stereocenters. The molecule has 6 nitrogen and oxygen atoms in total. The SMILES string of the molecule is CC1(C)c2c(CN=C3NC(N)=NCC3C(F)CF)cccc2NC1O. The van der Waals surface area contributed by atoms with E-state index in [0.717, 1.165) is 16.8 Å². The number of hydrogen-bond acceptors (Lipinski definition) is 5. The van der Waals surface area contributed by atoms with Gasteiger partial charge in [0.15, 0.2) is 5.96 Å². The third-order valence-electron chi connectivity index (χ3n) is 4.84. The van der Waals surface area contributed by atoms with E-state index in [0.29, 0.717) is 5.84 Å². The van der Waals surface area contributed by atoms with Gasteiger partial charge in [0.1, 0.15) is 24.9 Å². The third kappa shape index (κ3) is 3.18. The van der Waals surface area contributed by atoms with E-state index in [1.54, 1.807) is 0 Å². The number of aliphatic hydroxyl groups is 1. The van der Waals surface area contributed by atoms with E-state index in [4.69, 9.17) is 5.73 Å². The summed E-state index contributed by atoms with van der Waals surface area (Å²) in [4.78, 5) is 8.38. The minimum absolute atomic E-state index is 0.0708. The first-order valence-electron chi connectivity index (χ1n) is 8.23. The zero-order chi connectivity index (χ0) is 18.2. The van der Waals surface area contributed by atoms with Gasteiger partial charge < -0.3 is 21.5 Å². The highest BCUT2D eigenvalue weighted by Crippen LogP contribution is 2.42. The molecular formula is C17H23F2N5O. The van der Waals surface area contributed by atoms with Crippen LogP contribution in [0.15, 0.2) is 28.2 Å². The summed E-state index contributed by atoms with van der Waals surface area (Å²) in [5, 5.41) is 16.0. The number of alkyl halides is 2. The van der Waals surface area contributed by atoms with Crippen LogP contribution < -0.4 is 16.4 Å². The Labute approximate surface area is 145 Å². The minimum atomic E-state index is -1.68. The fourth-order valence-electron chi connectivity index (χ4n) is 3.34. The van der Waals surface area contributed by atoms with Crippen molar-refractivity contribution in [3.05, 3.63) is 29.3 Å². The summed E-state index contributed by atoms with van der Waals surface area (Å²) in [6.45, 7) is 3.14. The van der Waals surface area contributed by atoms with Gasteiger partial charge >= 0.3 is 0 Å². The van der Waals surface area contributed by atoms with Gasteiger partial charge in [-0.3, -0.25) is 9.98 Å². The van der Waals surface area contributed by atoms with Crippen molar-refractivity contribution in [2.45, 2.75) is 38.2 Å². The van der Waals surface area contributed by atoms with Crippen LogP contribution in [0.25, 0.3) is 0 Å². The average Bonchev–Trinajstić information content (AvgIpc) is 2.82. The smallest absolute Gasteiger partial charge is 0.194 e. The Morgan fingerprint density at radius 2 is 2.24 bits per heavy atom. The molecule has 0 radical (unpaired) electrons. The average molecular weight is 351 g/mol. The van der Waals surface area contributed by atoms with Crippen LogP contribution in [0.5, 0.6) is 0 Å². The fraction of sp³-hybridized carbons (Fsp3) is 0.529. The molecule has 0 fully saturated rings. The summed E-state index contributed by atoms with van der Waals surface area (Å²) in [6, 6.07) is 5.69. The molecule has 3 unspecified atom stereocenters. The molecule has 0 spiro atoms. The molecule has 2 heterocycles. The van der Waals surface area contributed by atoms with Crippen molar-refractivity contribution in [2.75, 3.05) is 18.5 Å². The zero-order valence-corrected chi connectivity index (χ0v) is 14.3. The predicted octanol–water partition coefficient (Wildman–Crippen LogP) is 1.45. The van der Waals surface area contributed by atoms with Gasteiger partial charge in [-0.15, -0.1) is 0 Å². The Kier molecular flexibility index (Phi) is 4.64. The van der Waals surface area contributed by atoms with Gasteiger partial charge in [0.05, 0.1) is 19.0 Å². The van der Waals surface area contributed by atoms with Gasteiger partial charge in [0.2, 0.25) is 0 Å². The van der Waals surface area contributed by atoms with Gasteiger partial charge in [-0.1, -0.05) is 26.0 Å². The van der Waals surface area contributed by atoms with Crippen LogP contribution in [0, 0.1) is 5.92 Å². The molecule has 0 aliphatic carbocycles. The van der Waals surface area contributed by atoms with E-state index in [-0.39, 0.29) is 19.0 Å². The van der Waals surface area contributed by atoms with Crippen molar-refractivity contribution in [2.24, 2.45) is 21.6 Å². The Bertz CT molecular complexity index is 719. The Balaban J connectivity index is 1.90. The number of halogens is 2. The number of benzene rings is 1. The number of rotatable bonds is 4. The summed E-state index contributed by atoms with van der Waals surface area (Å²) in [5.74, 6) is -0.317. The summed E-state index contributed by atoms with van der Waals surface area (Å²) in [6.07, 6.45) is -2.37. The molecule has 136 valence electrons. The van der Waals surface area contributed by atoms with Crippen molar-refractivity contribution in [3.8, 4) is 0 Å². The summed E-state index contributed by atoms with van der Waals surface area (Å²) in [5.41, 5.74) is 7.92. The highest BCUT2D eigenvalue weighted by atomic mass is 19.2. The number of amidine groups is 1. The number of nitrogens with two attached hydrogens (primary N) is 1. The van der Waals surface area contributed by atoms with E-state index in [9.17, 15) is 13.9 Å². The second kappa shape index (κ2) is 6.59. The zero-order valence-electron chi connectivity index (χ0n) is 14.3. The number of aliphatic hydroxyl groups excluding tert-OH is 1. The molecule has 5 N–H and O–H groups in total. The molecule has 0 saturated carbocycles. The van der Waals surface area contributed by atoms with Crippen LogP contribution in [-0.2, 0) is 12.0 Å². The highest BCUT2D eigenvalue weighted by molar-refractivity contribution is 6.02. The lowest BCUT2D eigenvalue weighted by atomic mass is 9.82. The maximum absolute atomic E-state index is 13.9. The van der Waals surface area contributed by atoms with Crippen molar-refractivity contribution in [1.82, 2.24) is 5.32 Å². The lowest BCUT2D eigenvalue weighted by molar-refractivity contribution is 0.137. The molecule has 1 aromatic carbocycles. The van der Waals surface area contributed by atoms with E-state index in [1.165, 1.54) is 0 Å². The first-order chi connectivity index (χ1) is 11.8. The van der Waals surface area contributed by atoms with Crippen LogP contribution in [0.4, 0.5) is 14.5 Å². The number of nitrogens with zero attached hydrogens (tertiary/aromatic N) is 2. The summed E-state index contributed by atoms with van der Waals surface area (Å²) in [7, 11) is 0. The number of anilines is 1. The van der Waals surface area contributed by atoms with Gasteiger partial charge in [-0.2, -0.15) is 0 Å². The van der Waals surface area contributed by atoms with Gasteiger partial charge in [-0.05, 0) is 17.2 Å². The van der Waals surface area contributed by atoms with E-state index in [1.807, 2.05) is 32.0 Å². The molecule has 2 aliphatic heterocycles. The lowest BCUT2D eigenvalue weighted by Crippen LogP contribution is -2.49. The minimum Gasteiger partial charge on any atom is -0.373 e. The second-order valence-corrected chi connectivity index (χ2v) is 6.94. The van der Waals surface area contributed by atoms with Crippen LogP contribution >= 0.6 is 0 Å². The van der Waals surface area contributed by atoms with Crippen molar-refractivity contribution in [3.63, 3.8) is 0 Å². The number of nitrogens with one attached hydrogen (secondary N) is 2. The molecule has 0 bridgehead atoms. The van der Waals surface area contributed by atoms with Crippen molar-refractivity contribution in [1.29, 1.82) is 0 Å². The molecule has 1 aromatic rings. The number of fused-ring (bicyclic) bond motifs is 1. The molecule has 0 saturated heterocycles. The monoisotopic (exact) mass is 351 g/mol. The topological polar surface area (TPSA) is 95.0 Å². The molecule has 0 amide bonds. The molecule has 2 aliphatic rings. The number of aliphatic imine (C=N–C) groups is 2. The van der Waals surface area contributed by atoms with Gasteiger partial charge in [0.25, 0.3) is 0 Å². The van der Waals surface area contributed by atoms with Gasteiger partial charge in [-0.25, -0.2) is 8.78 Å². The van der Waals surface area contributed by atoms with E-state index in [2.05, 4.69) is 20.6 Å². The summed E-state index contributed by atoms with van der Waals surface area (Å²) < 4.78 is 26.6. The highest BCUT2D eigenvalue weighted by Gasteiger charge is 2.40. The van der Waals surface area contributed by atoms with Crippen LogP contribution in [0.1, 0.15) is 25.0 Å². The largest absolute Gasteiger partial charge is 0.373 e. The molecule has 0 aromatic heterocycles. The molecule has 3 rings (SSSR count). The van der Waals surface area contributed by atoms with Gasteiger partial charge in [0, 0.05) is 11.1 Å². The van der Waals surface area contributed by atoms with Crippen LogP contribution in [0.3, 0.4) is 0 Å². The Hall–Kier alpha value is -2.22. The Morgan fingerprint density at radius 3 is 2.96 bits per heavy atom. The Morgan fingerprint density at radius 1 is 1.48 bits per heavy atom. The third-order valence-corrected chi connectivity index (χ3v) is 4.84. The quantitative estimate of drug-likeness (QED) is 0.660. The molecule has 8 heteroatoms. The van der Waals surface area contributed by atoms with Crippen LogP contribution in [0.2, 0.25) is 0 Å². The first-order valence-corrected chi connectivity index (χ1v) is 8.23. The van der Waals surface area contributed by atoms with Crippen molar-refractivity contribution < 1.29 is 13.9 Å². The maximum Gasteiger partial charge on any atom is 0.194 e. The summed E-state index contributed by atoms with van der Waals surface area (Å²) >= 11 is 0. The maximum atomic E-state index is 13.9.